The van der Waals surface area contributed by atoms with E-state index in [1.54, 1.807) is 13.0 Å². The van der Waals surface area contributed by atoms with Gasteiger partial charge in [-0.2, -0.15) is 0 Å². The summed E-state index contributed by atoms with van der Waals surface area (Å²) in [7, 11) is 0. The second-order valence-electron chi connectivity index (χ2n) is 7.54. The minimum absolute atomic E-state index is 0.135. The minimum Gasteiger partial charge on any atom is -0.493 e. The Bertz CT molecular complexity index is 952. The number of ether oxygens (including phenoxy) is 3. The Labute approximate surface area is 200 Å². The SMILES string of the molecule is CCOc1cc([C@@H](C)N(CCO[C@@H](C)c2ccccc2)C(N)=O)c(Cl)c(OCC)c1C(C)=O. The molecular weight excluding hydrogens is 444 g/mol. The number of benzene rings is 2. The predicted octanol–water partition coefficient (Wildman–Crippen LogP) is 5.56. The first-order chi connectivity index (χ1) is 15.7. The predicted molar refractivity (Wildman–Crippen MR) is 129 cm³/mol. The van der Waals surface area contributed by atoms with Crippen LogP contribution in [0.25, 0.3) is 0 Å². The lowest BCUT2D eigenvalue weighted by Crippen LogP contribution is -2.40. The Morgan fingerprint density at radius 1 is 1.09 bits per heavy atom. The maximum absolute atomic E-state index is 12.3. The summed E-state index contributed by atoms with van der Waals surface area (Å²) in [5, 5.41) is 0.253. The van der Waals surface area contributed by atoms with Gasteiger partial charge in [-0.25, -0.2) is 4.79 Å². The summed E-state index contributed by atoms with van der Waals surface area (Å²) < 4.78 is 17.4. The molecule has 180 valence electrons. The minimum atomic E-state index is -0.610. The third kappa shape index (κ3) is 6.62. The Kier molecular flexibility index (Phi) is 10.0. The molecule has 0 spiro atoms. The van der Waals surface area contributed by atoms with Crippen molar-refractivity contribution in [2.75, 3.05) is 26.4 Å². The molecule has 0 aliphatic carbocycles. The summed E-state index contributed by atoms with van der Waals surface area (Å²) in [5.74, 6) is 0.383. The summed E-state index contributed by atoms with van der Waals surface area (Å²) in [6.45, 7) is 10.0. The van der Waals surface area contributed by atoms with Crippen LogP contribution in [0.15, 0.2) is 36.4 Å². The molecule has 2 rings (SSSR count). The molecule has 7 nitrogen and oxygen atoms in total. The van der Waals surface area contributed by atoms with E-state index < -0.39 is 12.1 Å². The van der Waals surface area contributed by atoms with Gasteiger partial charge in [0, 0.05) is 12.1 Å². The summed E-state index contributed by atoms with van der Waals surface area (Å²) in [6, 6.07) is 10.4. The number of hydrogen-bond acceptors (Lipinski definition) is 5. The zero-order chi connectivity index (χ0) is 24.5. The Hall–Kier alpha value is -2.77. The van der Waals surface area contributed by atoms with Crippen LogP contribution in [0.2, 0.25) is 5.02 Å². The fourth-order valence-electron chi connectivity index (χ4n) is 3.63. The highest BCUT2D eigenvalue weighted by atomic mass is 35.5. The van der Waals surface area contributed by atoms with E-state index in [-0.39, 0.29) is 41.4 Å². The van der Waals surface area contributed by atoms with Crippen LogP contribution in [0.1, 0.15) is 68.2 Å². The molecule has 0 fully saturated rings. The number of carbonyl (C=O) groups is 2. The number of urea groups is 1. The van der Waals surface area contributed by atoms with Crippen molar-refractivity contribution in [3.63, 3.8) is 0 Å². The van der Waals surface area contributed by atoms with Gasteiger partial charge in [-0.3, -0.25) is 4.79 Å². The van der Waals surface area contributed by atoms with Gasteiger partial charge in [0.15, 0.2) is 11.5 Å². The average Bonchev–Trinajstić information content (AvgIpc) is 2.78. The number of carbonyl (C=O) groups excluding carboxylic acids is 2. The molecule has 2 amide bonds. The quantitative estimate of drug-likeness (QED) is 0.405. The number of Topliss-reactive ketones (excluding diaryl/α,β-unsaturated/α-hetero) is 1. The van der Waals surface area contributed by atoms with Crippen molar-refractivity contribution in [2.24, 2.45) is 5.73 Å². The number of nitrogens with zero attached hydrogens (tertiary/aromatic N) is 1. The van der Waals surface area contributed by atoms with Gasteiger partial charge in [-0.1, -0.05) is 41.9 Å². The highest BCUT2D eigenvalue weighted by molar-refractivity contribution is 6.33. The lowest BCUT2D eigenvalue weighted by Gasteiger charge is -2.30. The molecule has 8 heteroatoms. The lowest BCUT2D eigenvalue weighted by molar-refractivity contribution is 0.0485. The van der Waals surface area contributed by atoms with E-state index >= 15 is 0 Å². The molecular formula is C25H33ClN2O5. The number of hydrogen-bond donors (Lipinski definition) is 1. The van der Waals surface area contributed by atoms with Crippen LogP contribution in [-0.4, -0.2) is 43.1 Å². The largest absolute Gasteiger partial charge is 0.493 e. The zero-order valence-electron chi connectivity index (χ0n) is 19.9. The lowest BCUT2D eigenvalue weighted by atomic mass is 10.0. The first kappa shape index (κ1) is 26.5. The topological polar surface area (TPSA) is 91.1 Å². The number of primary amides is 1. The molecule has 0 aliphatic rings. The van der Waals surface area contributed by atoms with Gasteiger partial charge in [0.2, 0.25) is 0 Å². The van der Waals surface area contributed by atoms with Crippen LogP contribution in [0.3, 0.4) is 0 Å². The standard InChI is InChI=1S/C25H33ClN2O5/c1-6-31-21-15-20(23(26)24(32-7-2)22(21)17(4)29)16(3)28(25(27)30)13-14-33-18(5)19-11-9-8-10-12-19/h8-12,15-16,18H,6-7,13-14H2,1-5H3,(H2,27,30)/t16-,18+/m1/s1. The van der Waals surface area contributed by atoms with Crippen molar-refractivity contribution in [3.8, 4) is 11.5 Å². The van der Waals surface area contributed by atoms with Gasteiger partial charge in [-0.15, -0.1) is 0 Å². The first-order valence-electron chi connectivity index (χ1n) is 11.1. The molecule has 2 atom stereocenters. The van der Waals surface area contributed by atoms with E-state index in [2.05, 4.69) is 0 Å². The van der Waals surface area contributed by atoms with Crippen LogP contribution in [0.4, 0.5) is 4.79 Å². The van der Waals surface area contributed by atoms with Gasteiger partial charge >= 0.3 is 6.03 Å². The second-order valence-corrected chi connectivity index (χ2v) is 7.91. The van der Waals surface area contributed by atoms with Crippen LogP contribution in [-0.2, 0) is 4.74 Å². The molecule has 33 heavy (non-hydrogen) atoms. The number of nitrogens with two attached hydrogens (primary N) is 1. The molecule has 0 heterocycles. The molecule has 2 aromatic carbocycles. The van der Waals surface area contributed by atoms with Crippen molar-refractivity contribution in [1.29, 1.82) is 0 Å². The van der Waals surface area contributed by atoms with Gasteiger partial charge in [-0.05, 0) is 46.2 Å². The summed E-state index contributed by atoms with van der Waals surface area (Å²) in [5.41, 5.74) is 7.59. The van der Waals surface area contributed by atoms with E-state index in [4.69, 9.17) is 31.5 Å². The van der Waals surface area contributed by atoms with Crippen molar-refractivity contribution in [2.45, 2.75) is 46.8 Å². The zero-order valence-corrected chi connectivity index (χ0v) is 20.6. The molecule has 0 aromatic heterocycles. The fraction of sp³-hybridized carbons (Fsp3) is 0.440. The maximum Gasteiger partial charge on any atom is 0.315 e. The molecule has 2 N–H and O–H groups in total. The van der Waals surface area contributed by atoms with Gasteiger partial charge < -0.3 is 24.8 Å². The van der Waals surface area contributed by atoms with Crippen LogP contribution in [0.5, 0.6) is 11.5 Å². The Morgan fingerprint density at radius 2 is 1.73 bits per heavy atom. The molecule has 2 aromatic rings. The van der Waals surface area contributed by atoms with E-state index in [9.17, 15) is 9.59 Å². The first-order valence-corrected chi connectivity index (χ1v) is 11.5. The molecule has 0 aliphatic heterocycles. The average molecular weight is 477 g/mol. The molecule has 0 radical (unpaired) electrons. The molecule has 0 saturated carbocycles. The smallest absolute Gasteiger partial charge is 0.315 e. The van der Waals surface area contributed by atoms with Crippen molar-refractivity contribution in [3.05, 3.63) is 58.1 Å². The number of amides is 2. The van der Waals surface area contributed by atoms with E-state index in [1.165, 1.54) is 11.8 Å². The highest BCUT2D eigenvalue weighted by Gasteiger charge is 2.28. The van der Waals surface area contributed by atoms with Crippen LogP contribution >= 0.6 is 11.6 Å². The molecule has 0 bridgehead atoms. The van der Waals surface area contributed by atoms with Gasteiger partial charge in [0.25, 0.3) is 0 Å². The number of halogens is 1. The van der Waals surface area contributed by atoms with Crippen molar-refractivity contribution in [1.82, 2.24) is 4.90 Å². The maximum atomic E-state index is 12.3. The van der Waals surface area contributed by atoms with E-state index in [1.807, 2.05) is 51.1 Å². The Balaban J connectivity index is 2.31. The van der Waals surface area contributed by atoms with Crippen LogP contribution in [0, 0.1) is 0 Å². The van der Waals surface area contributed by atoms with E-state index in [0.717, 1.165) is 5.56 Å². The number of rotatable bonds is 12. The third-order valence-corrected chi connectivity index (χ3v) is 5.71. The Morgan fingerprint density at radius 3 is 2.27 bits per heavy atom. The fourth-order valence-corrected chi connectivity index (χ4v) is 3.99. The number of ketones is 1. The molecule has 0 unspecified atom stereocenters. The summed E-state index contributed by atoms with van der Waals surface area (Å²) in [4.78, 5) is 26.1. The van der Waals surface area contributed by atoms with Crippen molar-refractivity contribution < 1.29 is 23.8 Å². The third-order valence-electron chi connectivity index (χ3n) is 5.32. The highest BCUT2D eigenvalue weighted by Crippen LogP contribution is 2.42. The normalized spacial score (nSPS) is 12.7. The van der Waals surface area contributed by atoms with Crippen molar-refractivity contribution >= 4 is 23.4 Å². The summed E-state index contributed by atoms with van der Waals surface area (Å²) in [6.07, 6.45) is -0.135. The second kappa shape index (κ2) is 12.5. The monoisotopic (exact) mass is 476 g/mol. The van der Waals surface area contributed by atoms with Crippen LogP contribution < -0.4 is 15.2 Å². The van der Waals surface area contributed by atoms with Gasteiger partial charge in [0.05, 0.1) is 37.0 Å². The van der Waals surface area contributed by atoms with E-state index in [0.29, 0.717) is 24.5 Å². The summed E-state index contributed by atoms with van der Waals surface area (Å²) >= 11 is 6.67. The molecule has 0 saturated heterocycles. The van der Waals surface area contributed by atoms with Gasteiger partial charge in [0.1, 0.15) is 11.3 Å².